The number of ether oxygens (including phenoxy) is 1. The van der Waals surface area contributed by atoms with Crippen LogP contribution in [0.25, 0.3) is 0 Å². The molecular weight excluding hydrogens is 260 g/mol. The largest absolute Gasteiger partial charge is 0.497 e. The van der Waals surface area contributed by atoms with E-state index in [0.29, 0.717) is 12.3 Å². The standard InChI is InChI=1S/C14H18N2O4/c1-3-16(9-4-5-9)14(19)15-12-7-6-10(20-2)8-11(12)13(17)18/h6-9H,3-5H2,1-2H3,(H,15,19)(H,17,18). The van der Waals surface area contributed by atoms with Crippen LogP contribution in [0.4, 0.5) is 10.5 Å². The summed E-state index contributed by atoms with van der Waals surface area (Å²) in [5.74, 6) is -0.663. The SMILES string of the molecule is CCN(C(=O)Nc1ccc(OC)cc1C(=O)O)C1CC1. The van der Waals surface area contributed by atoms with Crippen molar-refractivity contribution in [2.24, 2.45) is 0 Å². The summed E-state index contributed by atoms with van der Waals surface area (Å²) in [6.45, 7) is 2.51. The molecule has 0 heterocycles. The van der Waals surface area contributed by atoms with Crippen LogP contribution in [0.2, 0.25) is 0 Å². The maximum absolute atomic E-state index is 12.1. The van der Waals surface area contributed by atoms with Crippen molar-refractivity contribution in [3.63, 3.8) is 0 Å². The average Bonchev–Trinajstić information content (AvgIpc) is 3.24. The molecule has 0 atom stereocenters. The molecule has 0 aromatic heterocycles. The van der Waals surface area contributed by atoms with Crippen molar-refractivity contribution >= 4 is 17.7 Å². The number of nitrogens with one attached hydrogen (secondary N) is 1. The third-order valence-electron chi connectivity index (χ3n) is 3.29. The van der Waals surface area contributed by atoms with Gasteiger partial charge < -0.3 is 20.1 Å². The van der Waals surface area contributed by atoms with Crippen molar-refractivity contribution in [1.29, 1.82) is 0 Å². The zero-order chi connectivity index (χ0) is 14.7. The summed E-state index contributed by atoms with van der Waals surface area (Å²) >= 11 is 0. The molecule has 0 bridgehead atoms. The second-order valence-electron chi connectivity index (χ2n) is 4.66. The second kappa shape index (κ2) is 5.81. The molecule has 2 amide bonds. The number of carbonyl (C=O) groups excluding carboxylic acids is 1. The molecule has 1 aromatic carbocycles. The number of nitrogens with zero attached hydrogens (tertiary/aromatic N) is 1. The van der Waals surface area contributed by atoms with E-state index in [0.717, 1.165) is 12.8 Å². The van der Waals surface area contributed by atoms with E-state index in [1.807, 2.05) is 6.92 Å². The highest BCUT2D eigenvalue weighted by Gasteiger charge is 2.31. The van der Waals surface area contributed by atoms with Crippen molar-refractivity contribution in [2.75, 3.05) is 19.0 Å². The summed E-state index contributed by atoms with van der Waals surface area (Å²) in [5, 5.41) is 11.9. The highest BCUT2D eigenvalue weighted by atomic mass is 16.5. The van der Waals surface area contributed by atoms with Crippen molar-refractivity contribution in [2.45, 2.75) is 25.8 Å². The van der Waals surface area contributed by atoms with E-state index in [9.17, 15) is 14.7 Å². The third kappa shape index (κ3) is 3.01. The molecule has 0 aliphatic heterocycles. The zero-order valence-corrected chi connectivity index (χ0v) is 11.5. The number of anilines is 1. The number of carboxylic acids is 1. The number of methoxy groups -OCH3 is 1. The van der Waals surface area contributed by atoms with Gasteiger partial charge in [0.2, 0.25) is 0 Å². The lowest BCUT2D eigenvalue weighted by molar-refractivity contribution is 0.0697. The van der Waals surface area contributed by atoms with E-state index in [2.05, 4.69) is 5.32 Å². The predicted molar refractivity (Wildman–Crippen MR) is 74.4 cm³/mol. The number of rotatable bonds is 5. The first-order valence-electron chi connectivity index (χ1n) is 6.55. The van der Waals surface area contributed by atoms with Crippen LogP contribution in [-0.2, 0) is 0 Å². The van der Waals surface area contributed by atoms with E-state index in [1.165, 1.54) is 13.2 Å². The number of carbonyl (C=O) groups is 2. The summed E-state index contributed by atoms with van der Waals surface area (Å²) in [6.07, 6.45) is 2.02. The van der Waals surface area contributed by atoms with Crippen LogP contribution in [0, 0.1) is 0 Å². The van der Waals surface area contributed by atoms with Crippen LogP contribution < -0.4 is 10.1 Å². The summed E-state index contributed by atoms with van der Waals surface area (Å²) in [4.78, 5) is 25.1. The van der Waals surface area contributed by atoms with Gasteiger partial charge in [-0.3, -0.25) is 0 Å². The number of amides is 2. The van der Waals surface area contributed by atoms with E-state index in [-0.39, 0.29) is 23.3 Å². The van der Waals surface area contributed by atoms with Crippen LogP contribution in [0.15, 0.2) is 18.2 Å². The fraction of sp³-hybridized carbons (Fsp3) is 0.429. The number of urea groups is 1. The Morgan fingerprint density at radius 3 is 2.65 bits per heavy atom. The van der Waals surface area contributed by atoms with Gasteiger partial charge in [-0.25, -0.2) is 9.59 Å². The predicted octanol–water partition coefficient (Wildman–Crippen LogP) is 2.41. The molecule has 108 valence electrons. The number of hydrogen-bond donors (Lipinski definition) is 2. The van der Waals surface area contributed by atoms with Gasteiger partial charge in [0.1, 0.15) is 5.75 Å². The van der Waals surface area contributed by atoms with E-state index < -0.39 is 5.97 Å². The molecule has 0 spiro atoms. The number of hydrogen-bond acceptors (Lipinski definition) is 3. The second-order valence-corrected chi connectivity index (χ2v) is 4.66. The van der Waals surface area contributed by atoms with Crippen LogP contribution in [0.3, 0.4) is 0 Å². The van der Waals surface area contributed by atoms with Gasteiger partial charge in [0, 0.05) is 12.6 Å². The molecule has 2 rings (SSSR count). The van der Waals surface area contributed by atoms with Gasteiger partial charge in [-0.2, -0.15) is 0 Å². The molecule has 1 aromatic rings. The normalized spacial score (nSPS) is 13.7. The van der Waals surface area contributed by atoms with Crippen LogP contribution in [-0.4, -0.2) is 41.7 Å². The Hall–Kier alpha value is -2.24. The van der Waals surface area contributed by atoms with Crippen LogP contribution >= 0.6 is 0 Å². The lowest BCUT2D eigenvalue weighted by Crippen LogP contribution is -2.36. The number of carboxylic acid groups (broad SMARTS) is 1. The molecule has 6 nitrogen and oxygen atoms in total. The quantitative estimate of drug-likeness (QED) is 0.867. The Balaban J connectivity index is 2.19. The van der Waals surface area contributed by atoms with Gasteiger partial charge in [0.05, 0.1) is 18.4 Å². The molecule has 0 saturated heterocycles. The van der Waals surface area contributed by atoms with Gasteiger partial charge in [0.25, 0.3) is 0 Å². The molecule has 1 aliphatic carbocycles. The molecule has 1 saturated carbocycles. The lowest BCUT2D eigenvalue weighted by Gasteiger charge is -2.21. The Morgan fingerprint density at radius 2 is 2.15 bits per heavy atom. The van der Waals surface area contributed by atoms with E-state index in [4.69, 9.17) is 4.74 Å². The smallest absolute Gasteiger partial charge is 0.337 e. The Labute approximate surface area is 117 Å². The molecule has 0 unspecified atom stereocenters. The van der Waals surface area contributed by atoms with Gasteiger partial charge in [0.15, 0.2) is 0 Å². The monoisotopic (exact) mass is 278 g/mol. The molecule has 2 N–H and O–H groups in total. The minimum Gasteiger partial charge on any atom is -0.497 e. The molecule has 20 heavy (non-hydrogen) atoms. The van der Waals surface area contributed by atoms with Crippen molar-refractivity contribution in [3.05, 3.63) is 23.8 Å². The van der Waals surface area contributed by atoms with E-state index in [1.54, 1.807) is 17.0 Å². The Morgan fingerprint density at radius 1 is 1.45 bits per heavy atom. The maximum Gasteiger partial charge on any atom is 0.337 e. The fourth-order valence-electron chi connectivity index (χ4n) is 2.08. The maximum atomic E-state index is 12.1. The number of aromatic carboxylic acids is 1. The molecule has 1 fully saturated rings. The van der Waals surface area contributed by atoms with Crippen molar-refractivity contribution in [3.8, 4) is 5.75 Å². The Kier molecular flexibility index (Phi) is 4.12. The Bertz CT molecular complexity index is 526. The zero-order valence-electron chi connectivity index (χ0n) is 11.5. The van der Waals surface area contributed by atoms with Gasteiger partial charge in [-0.15, -0.1) is 0 Å². The first kappa shape index (κ1) is 14.2. The summed E-state index contributed by atoms with van der Waals surface area (Å²) in [5.41, 5.74) is 0.298. The average molecular weight is 278 g/mol. The van der Waals surface area contributed by atoms with Crippen molar-refractivity contribution < 1.29 is 19.4 Å². The van der Waals surface area contributed by atoms with Gasteiger partial charge >= 0.3 is 12.0 Å². The van der Waals surface area contributed by atoms with E-state index >= 15 is 0 Å². The summed E-state index contributed by atoms with van der Waals surface area (Å²) in [6, 6.07) is 4.58. The summed E-state index contributed by atoms with van der Waals surface area (Å²) < 4.78 is 5.00. The fourth-order valence-corrected chi connectivity index (χ4v) is 2.08. The van der Waals surface area contributed by atoms with Gasteiger partial charge in [-0.05, 0) is 38.0 Å². The topological polar surface area (TPSA) is 78.9 Å². The molecule has 1 aliphatic rings. The molecule has 0 radical (unpaired) electrons. The van der Waals surface area contributed by atoms with Gasteiger partial charge in [-0.1, -0.05) is 0 Å². The third-order valence-corrected chi connectivity index (χ3v) is 3.29. The molecular formula is C14H18N2O4. The lowest BCUT2D eigenvalue weighted by atomic mass is 10.1. The highest BCUT2D eigenvalue weighted by molar-refractivity contribution is 6.00. The highest BCUT2D eigenvalue weighted by Crippen LogP contribution is 2.28. The van der Waals surface area contributed by atoms with Crippen molar-refractivity contribution in [1.82, 2.24) is 4.90 Å². The van der Waals surface area contributed by atoms with Crippen LogP contribution in [0.1, 0.15) is 30.1 Å². The first-order valence-corrected chi connectivity index (χ1v) is 6.55. The van der Waals surface area contributed by atoms with Crippen LogP contribution in [0.5, 0.6) is 5.75 Å². The molecule has 6 heteroatoms. The number of benzene rings is 1. The first-order chi connectivity index (χ1) is 9.56. The summed E-state index contributed by atoms with van der Waals surface area (Å²) in [7, 11) is 1.46. The minimum atomic E-state index is -1.10. The minimum absolute atomic E-state index is 0.0181.